The lowest BCUT2D eigenvalue weighted by molar-refractivity contribution is 0.0939. The second kappa shape index (κ2) is 7.25. The van der Waals surface area contributed by atoms with Gasteiger partial charge in [0.05, 0.1) is 26.4 Å². The Kier molecular flexibility index (Phi) is 4.89. The topological polar surface area (TPSA) is 56.8 Å². The highest BCUT2D eigenvalue weighted by Gasteiger charge is 2.16. The lowest BCUT2D eigenvalue weighted by Crippen LogP contribution is -2.26. The van der Waals surface area contributed by atoms with Crippen LogP contribution in [-0.4, -0.2) is 26.2 Å². The molecule has 24 heavy (non-hydrogen) atoms. The highest BCUT2D eigenvalue weighted by atomic mass is 16.5. The number of carbonyl (C=O) groups excluding carboxylic acids is 1. The summed E-state index contributed by atoms with van der Waals surface area (Å²) in [7, 11) is 1.58. The van der Waals surface area contributed by atoms with Gasteiger partial charge in [0, 0.05) is 12.0 Å². The summed E-state index contributed by atoms with van der Waals surface area (Å²) in [5.74, 6) is 1.99. The molecular formula is C19H21NO4. The highest BCUT2D eigenvalue weighted by Crippen LogP contribution is 2.32. The van der Waals surface area contributed by atoms with E-state index in [0.29, 0.717) is 24.5 Å². The Hall–Kier alpha value is -2.69. The average molecular weight is 327 g/mol. The third-order valence-corrected chi connectivity index (χ3v) is 3.95. The quantitative estimate of drug-likeness (QED) is 0.936. The minimum absolute atomic E-state index is 0.145. The highest BCUT2D eigenvalue weighted by molar-refractivity contribution is 5.94. The van der Waals surface area contributed by atoms with Crippen molar-refractivity contribution in [3.05, 3.63) is 53.6 Å². The Balaban J connectivity index is 1.73. The van der Waals surface area contributed by atoms with Crippen LogP contribution in [-0.2, 0) is 0 Å². The molecule has 5 nitrogen and oxygen atoms in total. The largest absolute Gasteiger partial charge is 0.497 e. The van der Waals surface area contributed by atoms with Crippen LogP contribution in [0.15, 0.2) is 42.5 Å². The van der Waals surface area contributed by atoms with Crippen LogP contribution in [0.2, 0.25) is 0 Å². The van der Waals surface area contributed by atoms with Crippen molar-refractivity contribution in [3.63, 3.8) is 0 Å². The Bertz CT molecular complexity index is 729. The SMILES string of the molecule is COc1cccc(C(=O)N[C@H](C)c2ccc3c(c2)OCCCO3)c1. The van der Waals surface area contributed by atoms with Crippen LogP contribution in [0.25, 0.3) is 0 Å². The first-order valence-corrected chi connectivity index (χ1v) is 8.02. The van der Waals surface area contributed by atoms with Crippen molar-refractivity contribution in [1.82, 2.24) is 5.32 Å². The summed E-state index contributed by atoms with van der Waals surface area (Å²) in [6, 6.07) is 12.7. The van der Waals surface area contributed by atoms with Crippen molar-refractivity contribution in [2.75, 3.05) is 20.3 Å². The maximum atomic E-state index is 12.4. The molecule has 0 unspecified atom stereocenters. The fourth-order valence-electron chi connectivity index (χ4n) is 2.58. The summed E-state index contributed by atoms with van der Waals surface area (Å²) in [6.07, 6.45) is 0.867. The maximum Gasteiger partial charge on any atom is 0.251 e. The van der Waals surface area contributed by atoms with E-state index in [2.05, 4.69) is 5.32 Å². The molecule has 1 amide bonds. The zero-order valence-corrected chi connectivity index (χ0v) is 13.9. The van der Waals surface area contributed by atoms with Crippen molar-refractivity contribution in [3.8, 4) is 17.2 Å². The van der Waals surface area contributed by atoms with E-state index in [1.165, 1.54) is 0 Å². The fourth-order valence-corrected chi connectivity index (χ4v) is 2.58. The Morgan fingerprint density at radius 2 is 1.92 bits per heavy atom. The van der Waals surface area contributed by atoms with Gasteiger partial charge in [0.15, 0.2) is 11.5 Å². The van der Waals surface area contributed by atoms with E-state index >= 15 is 0 Å². The molecule has 1 heterocycles. The third kappa shape index (κ3) is 3.62. The number of benzene rings is 2. The normalized spacial score (nSPS) is 14.4. The van der Waals surface area contributed by atoms with Crippen LogP contribution >= 0.6 is 0 Å². The molecule has 0 aromatic heterocycles. The van der Waals surface area contributed by atoms with E-state index in [-0.39, 0.29) is 11.9 Å². The Morgan fingerprint density at radius 3 is 2.71 bits per heavy atom. The summed E-state index contributed by atoms with van der Waals surface area (Å²) in [5, 5.41) is 3.00. The van der Waals surface area contributed by atoms with Crippen LogP contribution in [0.4, 0.5) is 0 Å². The van der Waals surface area contributed by atoms with Gasteiger partial charge in [0.25, 0.3) is 5.91 Å². The second-order valence-corrected chi connectivity index (χ2v) is 5.68. The molecule has 126 valence electrons. The van der Waals surface area contributed by atoms with Gasteiger partial charge in [-0.05, 0) is 42.8 Å². The molecule has 1 atom stereocenters. The van der Waals surface area contributed by atoms with Gasteiger partial charge in [0.1, 0.15) is 5.75 Å². The van der Waals surface area contributed by atoms with E-state index in [0.717, 1.165) is 23.5 Å². The monoisotopic (exact) mass is 327 g/mol. The smallest absolute Gasteiger partial charge is 0.251 e. The molecule has 2 aromatic carbocycles. The molecule has 0 fully saturated rings. The number of hydrogen-bond donors (Lipinski definition) is 1. The summed E-state index contributed by atoms with van der Waals surface area (Å²) in [4.78, 5) is 12.4. The molecule has 0 radical (unpaired) electrons. The van der Waals surface area contributed by atoms with Gasteiger partial charge in [-0.25, -0.2) is 0 Å². The van der Waals surface area contributed by atoms with Crippen molar-refractivity contribution in [2.45, 2.75) is 19.4 Å². The molecule has 0 saturated heterocycles. The third-order valence-electron chi connectivity index (χ3n) is 3.95. The van der Waals surface area contributed by atoms with Crippen LogP contribution in [0, 0.1) is 0 Å². The zero-order chi connectivity index (χ0) is 16.9. The van der Waals surface area contributed by atoms with Gasteiger partial charge in [-0.1, -0.05) is 12.1 Å². The van der Waals surface area contributed by atoms with Gasteiger partial charge in [-0.15, -0.1) is 0 Å². The molecule has 0 saturated carbocycles. The van der Waals surface area contributed by atoms with E-state index in [1.807, 2.05) is 31.2 Å². The predicted molar refractivity (Wildman–Crippen MR) is 90.9 cm³/mol. The van der Waals surface area contributed by atoms with Crippen LogP contribution in [0.5, 0.6) is 17.2 Å². The minimum Gasteiger partial charge on any atom is -0.497 e. The van der Waals surface area contributed by atoms with E-state index in [9.17, 15) is 4.79 Å². The van der Waals surface area contributed by atoms with Crippen LogP contribution < -0.4 is 19.5 Å². The number of fused-ring (bicyclic) bond motifs is 1. The van der Waals surface area contributed by atoms with Gasteiger partial charge in [-0.3, -0.25) is 4.79 Å². The average Bonchev–Trinajstić information content (AvgIpc) is 2.86. The number of ether oxygens (including phenoxy) is 3. The van der Waals surface area contributed by atoms with Gasteiger partial charge in [-0.2, -0.15) is 0 Å². The molecule has 5 heteroatoms. The van der Waals surface area contributed by atoms with Crippen LogP contribution in [0.1, 0.15) is 35.3 Å². The molecule has 1 aliphatic rings. The number of amides is 1. The summed E-state index contributed by atoms with van der Waals surface area (Å²) in [5.41, 5.74) is 1.53. The van der Waals surface area contributed by atoms with Gasteiger partial charge < -0.3 is 19.5 Å². The summed E-state index contributed by atoms with van der Waals surface area (Å²) < 4.78 is 16.5. The molecule has 1 N–H and O–H groups in total. The lowest BCUT2D eigenvalue weighted by Gasteiger charge is -2.16. The predicted octanol–water partition coefficient (Wildman–Crippen LogP) is 3.35. The first kappa shape index (κ1) is 16.2. The molecule has 0 aliphatic carbocycles. The van der Waals surface area contributed by atoms with Crippen molar-refractivity contribution in [1.29, 1.82) is 0 Å². The Morgan fingerprint density at radius 1 is 1.12 bits per heavy atom. The van der Waals surface area contributed by atoms with Crippen molar-refractivity contribution >= 4 is 5.91 Å². The number of methoxy groups -OCH3 is 1. The molecule has 0 bridgehead atoms. The number of hydrogen-bond acceptors (Lipinski definition) is 4. The first-order chi connectivity index (χ1) is 11.7. The number of nitrogens with one attached hydrogen (secondary N) is 1. The minimum atomic E-state index is -0.152. The van der Waals surface area contributed by atoms with E-state index in [1.54, 1.807) is 25.3 Å². The fraction of sp³-hybridized carbons (Fsp3) is 0.316. The standard InChI is InChI=1S/C19H21NO4/c1-13(20-19(21)15-5-3-6-16(11-15)22-2)14-7-8-17-18(12-14)24-10-4-9-23-17/h3,5-8,11-13H,4,9-10H2,1-2H3,(H,20,21)/t13-/m1/s1. The summed E-state index contributed by atoms with van der Waals surface area (Å²) >= 11 is 0. The molecular weight excluding hydrogens is 306 g/mol. The molecule has 2 aromatic rings. The van der Waals surface area contributed by atoms with Gasteiger partial charge >= 0.3 is 0 Å². The zero-order valence-electron chi connectivity index (χ0n) is 13.9. The number of rotatable bonds is 4. The molecule has 0 spiro atoms. The maximum absolute atomic E-state index is 12.4. The lowest BCUT2D eigenvalue weighted by atomic mass is 10.1. The second-order valence-electron chi connectivity index (χ2n) is 5.68. The molecule has 1 aliphatic heterocycles. The van der Waals surface area contributed by atoms with Crippen molar-refractivity contribution in [2.24, 2.45) is 0 Å². The molecule has 3 rings (SSSR count). The summed E-state index contributed by atoms with van der Waals surface area (Å²) in [6.45, 7) is 3.24. The van der Waals surface area contributed by atoms with Gasteiger partial charge in [0.2, 0.25) is 0 Å². The Labute approximate surface area is 141 Å². The van der Waals surface area contributed by atoms with Crippen molar-refractivity contribution < 1.29 is 19.0 Å². The van der Waals surface area contributed by atoms with E-state index < -0.39 is 0 Å². The van der Waals surface area contributed by atoms with Crippen LogP contribution in [0.3, 0.4) is 0 Å². The first-order valence-electron chi connectivity index (χ1n) is 8.02. The number of carbonyl (C=O) groups is 1. The van der Waals surface area contributed by atoms with E-state index in [4.69, 9.17) is 14.2 Å².